The minimum atomic E-state index is -0.497. The van der Waals surface area contributed by atoms with Crippen LogP contribution in [0.5, 0.6) is 5.75 Å². The molecule has 2 nitrogen and oxygen atoms in total. The smallest absolute Gasteiger partial charge is 0.169 e. The number of ketones is 1. The summed E-state index contributed by atoms with van der Waals surface area (Å²) in [6.07, 6.45) is 0. The van der Waals surface area contributed by atoms with E-state index in [0.29, 0.717) is 5.56 Å². The zero-order chi connectivity index (χ0) is 10.9. The molecule has 14 heavy (non-hydrogen) atoms. The van der Waals surface area contributed by atoms with Crippen LogP contribution in [0.15, 0.2) is 12.1 Å². The highest BCUT2D eigenvalue weighted by molar-refractivity contribution is 5.99. The quantitative estimate of drug-likeness (QED) is 0.738. The van der Waals surface area contributed by atoms with Crippen LogP contribution in [0.3, 0.4) is 0 Å². The lowest BCUT2D eigenvalue weighted by Crippen LogP contribution is -2.08. The van der Waals surface area contributed by atoms with E-state index in [1.54, 1.807) is 20.8 Å². The Labute approximate surface area is 82.4 Å². The molecule has 1 N–H and O–H groups in total. The number of hydrogen-bond acceptors (Lipinski definition) is 2. The van der Waals surface area contributed by atoms with Crippen molar-refractivity contribution in [3.8, 4) is 5.75 Å². The van der Waals surface area contributed by atoms with Crippen molar-refractivity contribution in [2.45, 2.75) is 20.8 Å². The standard InChI is InChI=1S/C11H13FO2/c1-6(2)11(14)8-4-7(3)9(12)5-10(8)13/h4-6,13H,1-3H3. The van der Waals surface area contributed by atoms with Crippen LogP contribution in [-0.4, -0.2) is 10.9 Å². The molecule has 1 aromatic carbocycles. The van der Waals surface area contributed by atoms with Gasteiger partial charge in [-0.15, -0.1) is 0 Å². The van der Waals surface area contributed by atoms with Crippen LogP contribution >= 0.6 is 0 Å². The molecule has 0 unspecified atom stereocenters. The van der Waals surface area contributed by atoms with Crippen LogP contribution in [0.25, 0.3) is 0 Å². The summed E-state index contributed by atoms with van der Waals surface area (Å²) in [6.45, 7) is 5.03. The Hall–Kier alpha value is -1.38. The van der Waals surface area contributed by atoms with Gasteiger partial charge in [-0.05, 0) is 18.6 Å². The summed E-state index contributed by atoms with van der Waals surface area (Å²) >= 11 is 0. The zero-order valence-corrected chi connectivity index (χ0v) is 8.47. The van der Waals surface area contributed by atoms with Crippen LogP contribution in [0, 0.1) is 18.7 Å². The van der Waals surface area contributed by atoms with Gasteiger partial charge in [0.05, 0.1) is 5.56 Å². The molecule has 0 atom stereocenters. The van der Waals surface area contributed by atoms with Gasteiger partial charge in [0, 0.05) is 12.0 Å². The number of benzene rings is 1. The number of aryl methyl sites for hydroxylation is 1. The van der Waals surface area contributed by atoms with Gasteiger partial charge in [0.1, 0.15) is 11.6 Å². The van der Waals surface area contributed by atoms with Gasteiger partial charge in [-0.1, -0.05) is 13.8 Å². The molecule has 0 radical (unpaired) electrons. The molecule has 1 aromatic rings. The average Bonchev–Trinajstić information content (AvgIpc) is 2.10. The minimum Gasteiger partial charge on any atom is -0.507 e. The van der Waals surface area contributed by atoms with E-state index in [2.05, 4.69) is 0 Å². The van der Waals surface area contributed by atoms with E-state index in [1.807, 2.05) is 0 Å². The highest BCUT2D eigenvalue weighted by Crippen LogP contribution is 2.23. The number of phenols is 1. The van der Waals surface area contributed by atoms with Gasteiger partial charge in [0.2, 0.25) is 0 Å². The molecule has 0 aliphatic carbocycles. The maximum atomic E-state index is 13.0. The Balaban J connectivity index is 3.22. The van der Waals surface area contributed by atoms with E-state index < -0.39 is 5.82 Å². The average molecular weight is 196 g/mol. The molecule has 0 saturated heterocycles. The second-order valence-electron chi connectivity index (χ2n) is 3.64. The van der Waals surface area contributed by atoms with Crippen molar-refractivity contribution < 1.29 is 14.3 Å². The molecule has 0 fully saturated rings. The number of halogens is 1. The van der Waals surface area contributed by atoms with Crippen LogP contribution < -0.4 is 0 Å². The van der Waals surface area contributed by atoms with Gasteiger partial charge < -0.3 is 5.11 Å². The van der Waals surface area contributed by atoms with E-state index in [-0.39, 0.29) is 23.0 Å². The number of Topliss-reactive ketones (excluding diaryl/α,β-unsaturated/α-hetero) is 1. The van der Waals surface area contributed by atoms with Gasteiger partial charge in [-0.3, -0.25) is 4.79 Å². The molecular weight excluding hydrogens is 183 g/mol. The maximum Gasteiger partial charge on any atom is 0.169 e. The van der Waals surface area contributed by atoms with Crippen molar-refractivity contribution in [1.29, 1.82) is 0 Å². The predicted molar refractivity (Wildman–Crippen MR) is 52.0 cm³/mol. The van der Waals surface area contributed by atoms with Gasteiger partial charge in [-0.2, -0.15) is 0 Å². The molecule has 0 saturated carbocycles. The van der Waals surface area contributed by atoms with Gasteiger partial charge in [0.25, 0.3) is 0 Å². The van der Waals surface area contributed by atoms with Gasteiger partial charge in [0.15, 0.2) is 5.78 Å². The van der Waals surface area contributed by atoms with Crippen LogP contribution in [-0.2, 0) is 0 Å². The zero-order valence-electron chi connectivity index (χ0n) is 8.47. The minimum absolute atomic E-state index is 0.175. The third kappa shape index (κ3) is 1.92. The molecule has 0 aliphatic rings. The fraction of sp³-hybridized carbons (Fsp3) is 0.364. The summed E-state index contributed by atoms with van der Waals surface area (Å²) < 4.78 is 13.0. The third-order valence-electron chi connectivity index (χ3n) is 2.07. The molecule has 0 amide bonds. The number of carbonyl (C=O) groups excluding carboxylic acids is 1. The lowest BCUT2D eigenvalue weighted by Gasteiger charge is -2.07. The first kappa shape index (κ1) is 10.7. The monoisotopic (exact) mass is 196 g/mol. The molecule has 0 heterocycles. The normalized spacial score (nSPS) is 10.6. The van der Waals surface area contributed by atoms with E-state index >= 15 is 0 Å². The van der Waals surface area contributed by atoms with Crippen LogP contribution in [0.1, 0.15) is 29.8 Å². The molecule has 0 spiro atoms. The molecule has 1 rings (SSSR count). The van der Waals surface area contributed by atoms with Crippen LogP contribution in [0.2, 0.25) is 0 Å². The second-order valence-corrected chi connectivity index (χ2v) is 3.64. The number of rotatable bonds is 2. The first-order valence-corrected chi connectivity index (χ1v) is 4.46. The van der Waals surface area contributed by atoms with E-state index in [0.717, 1.165) is 6.07 Å². The summed E-state index contributed by atoms with van der Waals surface area (Å²) in [5, 5.41) is 9.37. The molecule has 76 valence electrons. The Morgan fingerprint density at radius 2 is 2.00 bits per heavy atom. The Kier molecular flexibility index (Phi) is 2.89. The van der Waals surface area contributed by atoms with Crippen LogP contribution in [0.4, 0.5) is 4.39 Å². The largest absolute Gasteiger partial charge is 0.507 e. The highest BCUT2D eigenvalue weighted by atomic mass is 19.1. The number of carbonyl (C=O) groups is 1. The first-order chi connectivity index (χ1) is 6.43. The molecular formula is C11H13FO2. The topological polar surface area (TPSA) is 37.3 Å². The van der Waals surface area contributed by atoms with Crippen molar-refractivity contribution in [1.82, 2.24) is 0 Å². The molecule has 0 aromatic heterocycles. The number of phenolic OH excluding ortho intramolecular Hbond substituents is 1. The van der Waals surface area contributed by atoms with E-state index in [1.165, 1.54) is 6.07 Å². The van der Waals surface area contributed by atoms with Gasteiger partial charge >= 0.3 is 0 Å². The summed E-state index contributed by atoms with van der Waals surface area (Å²) in [5.74, 6) is -1.16. The molecule has 0 bridgehead atoms. The Bertz CT molecular complexity index is 370. The second kappa shape index (κ2) is 3.78. The SMILES string of the molecule is Cc1cc(C(=O)C(C)C)c(O)cc1F. The van der Waals surface area contributed by atoms with Crippen molar-refractivity contribution in [2.75, 3.05) is 0 Å². The summed E-state index contributed by atoms with van der Waals surface area (Å²) in [5.41, 5.74) is 0.561. The number of aromatic hydroxyl groups is 1. The van der Waals surface area contributed by atoms with Crippen molar-refractivity contribution >= 4 is 5.78 Å². The first-order valence-electron chi connectivity index (χ1n) is 4.46. The lowest BCUT2D eigenvalue weighted by molar-refractivity contribution is 0.0936. The van der Waals surface area contributed by atoms with Gasteiger partial charge in [-0.25, -0.2) is 4.39 Å². The number of hydrogen-bond donors (Lipinski definition) is 1. The van der Waals surface area contributed by atoms with Crippen molar-refractivity contribution in [3.63, 3.8) is 0 Å². The van der Waals surface area contributed by atoms with E-state index in [9.17, 15) is 14.3 Å². The fourth-order valence-electron chi connectivity index (χ4n) is 1.18. The van der Waals surface area contributed by atoms with Crippen molar-refractivity contribution in [3.05, 3.63) is 29.1 Å². The highest BCUT2D eigenvalue weighted by Gasteiger charge is 2.16. The molecule has 3 heteroatoms. The molecule has 0 aliphatic heterocycles. The lowest BCUT2D eigenvalue weighted by atomic mass is 9.98. The predicted octanol–water partition coefficient (Wildman–Crippen LogP) is 2.68. The Morgan fingerprint density at radius 3 is 2.50 bits per heavy atom. The van der Waals surface area contributed by atoms with E-state index in [4.69, 9.17) is 0 Å². The Morgan fingerprint density at radius 1 is 1.43 bits per heavy atom. The summed E-state index contributed by atoms with van der Waals surface area (Å²) in [7, 11) is 0. The third-order valence-corrected chi connectivity index (χ3v) is 2.07. The summed E-state index contributed by atoms with van der Waals surface area (Å²) in [4.78, 5) is 11.5. The summed E-state index contributed by atoms with van der Waals surface area (Å²) in [6, 6.07) is 2.36. The maximum absolute atomic E-state index is 13.0. The fourth-order valence-corrected chi connectivity index (χ4v) is 1.18. The van der Waals surface area contributed by atoms with Crippen molar-refractivity contribution in [2.24, 2.45) is 5.92 Å².